The monoisotopic (exact) mass is 780 g/mol. The van der Waals surface area contributed by atoms with Crippen molar-refractivity contribution in [1.82, 2.24) is 4.57 Å². The molecule has 0 radical (unpaired) electrons. The summed E-state index contributed by atoms with van der Waals surface area (Å²) in [4.78, 5) is 23.0. The maximum atomic E-state index is 14.6. The first-order valence-corrected chi connectivity index (χ1v) is 19.1. The topological polar surface area (TPSA) is 34.4 Å². The molecule has 0 saturated heterocycles. The number of halogens is 2. The Bertz CT molecular complexity index is 2200. The third-order valence-electron chi connectivity index (χ3n) is 8.36. The smallest absolute Gasteiger partial charge is 0.272 e. The third-order valence-corrected chi connectivity index (χ3v) is 13.4. The van der Waals surface area contributed by atoms with Crippen LogP contribution >= 0.6 is 66.7 Å². The second-order valence-corrected chi connectivity index (χ2v) is 16.4. The van der Waals surface area contributed by atoms with E-state index in [9.17, 15) is 4.79 Å². The van der Waals surface area contributed by atoms with E-state index in [4.69, 9.17) is 4.99 Å². The van der Waals surface area contributed by atoms with Crippen LogP contribution in [0, 0.1) is 0 Å². The van der Waals surface area contributed by atoms with E-state index in [0.717, 1.165) is 69.7 Å². The Balaban J connectivity index is 1.32. The van der Waals surface area contributed by atoms with Crippen LogP contribution in [0.2, 0.25) is 0 Å². The SMILES string of the molecule is O=c1c(=C2SC(c3ccccc3)=C(c3ccccc3)S2)sc2n1C(c1ccc(Br)cc1)C1=C(N=2)/C(=C\c2ccc(Br)cc2)CCC1. The van der Waals surface area contributed by atoms with Crippen molar-refractivity contribution in [3.63, 3.8) is 0 Å². The van der Waals surface area contributed by atoms with Gasteiger partial charge in [0, 0.05) is 18.8 Å². The van der Waals surface area contributed by atoms with Gasteiger partial charge in [-0.2, -0.15) is 0 Å². The second kappa shape index (κ2) is 12.8. The van der Waals surface area contributed by atoms with Gasteiger partial charge < -0.3 is 0 Å². The molecule has 0 fully saturated rings. The summed E-state index contributed by atoms with van der Waals surface area (Å²) in [5, 5.41) is 0. The first-order valence-electron chi connectivity index (χ1n) is 15.0. The largest absolute Gasteiger partial charge is 0.272 e. The number of nitrogens with zero attached hydrogens (tertiary/aromatic N) is 2. The van der Waals surface area contributed by atoms with Gasteiger partial charge in [-0.15, -0.1) is 0 Å². The lowest BCUT2D eigenvalue weighted by molar-refractivity contribution is 0.553. The van der Waals surface area contributed by atoms with Crippen LogP contribution in [0.15, 0.2) is 145 Å². The van der Waals surface area contributed by atoms with Crippen LogP contribution in [0.5, 0.6) is 0 Å². The summed E-state index contributed by atoms with van der Waals surface area (Å²) < 4.78 is 5.82. The van der Waals surface area contributed by atoms with E-state index in [1.807, 2.05) is 16.7 Å². The van der Waals surface area contributed by atoms with Crippen LogP contribution in [-0.4, -0.2) is 4.57 Å². The first kappa shape index (κ1) is 30.2. The highest BCUT2D eigenvalue weighted by Gasteiger charge is 2.34. The van der Waals surface area contributed by atoms with Crippen molar-refractivity contribution in [3.8, 4) is 0 Å². The summed E-state index contributed by atoms with van der Waals surface area (Å²) in [5.41, 5.74) is 8.10. The summed E-state index contributed by atoms with van der Waals surface area (Å²) in [5.74, 6) is 0. The highest BCUT2D eigenvalue weighted by molar-refractivity contribution is 9.10. The van der Waals surface area contributed by atoms with Crippen molar-refractivity contribution < 1.29 is 0 Å². The lowest BCUT2D eigenvalue weighted by atomic mass is 9.84. The molecular weight excluding hydrogens is 756 g/mol. The summed E-state index contributed by atoms with van der Waals surface area (Å²) in [6.45, 7) is 0. The number of hydrogen-bond acceptors (Lipinski definition) is 5. The molecule has 3 aliphatic rings. The van der Waals surface area contributed by atoms with Gasteiger partial charge in [0.2, 0.25) is 0 Å². The van der Waals surface area contributed by atoms with Gasteiger partial charge in [-0.3, -0.25) is 9.36 Å². The molecule has 1 aliphatic carbocycles. The van der Waals surface area contributed by atoms with Crippen molar-refractivity contribution >= 4 is 86.8 Å². The Kier molecular flexibility index (Phi) is 8.41. The molecule has 3 nitrogen and oxygen atoms in total. The van der Waals surface area contributed by atoms with E-state index in [1.54, 1.807) is 23.5 Å². The fourth-order valence-corrected chi connectivity index (χ4v) is 10.7. The maximum Gasteiger partial charge on any atom is 0.272 e. The summed E-state index contributed by atoms with van der Waals surface area (Å²) in [7, 11) is 0. The van der Waals surface area contributed by atoms with E-state index in [-0.39, 0.29) is 11.6 Å². The predicted octanol–water partition coefficient (Wildman–Crippen LogP) is 10.3. The Morgan fingerprint density at radius 1 is 0.739 bits per heavy atom. The molecule has 46 heavy (non-hydrogen) atoms. The van der Waals surface area contributed by atoms with Crippen LogP contribution in [-0.2, 0) is 0 Å². The molecule has 8 rings (SSSR count). The van der Waals surface area contributed by atoms with Gasteiger partial charge in [-0.1, -0.05) is 152 Å². The molecule has 0 spiro atoms. The van der Waals surface area contributed by atoms with Crippen molar-refractivity contribution in [2.75, 3.05) is 0 Å². The normalized spacial score (nSPS) is 18.5. The van der Waals surface area contributed by atoms with Crippen molar-refractivity contribution in [3.05, 3.63) is 177 Å². The zero-order valence-corrected chi connectivity index (χ0v) is 30.1. The maximum absolute atomic E-state index is 14.6. The average Bonchev–Trinajstić information content (AvgIpc) is 3.68. The Morgan fingerprint density at radius 2 is 1.33 bits per heavy atom. The van der Waals surface area contributed by atoms with Crippen molar-refractivity contribution in [2.24, 2.45) is 4.99 Å². The molecule has 1 atom stereocenters. The minimum atomic E-state index is -0.200. The van der Waals surface area contributed by atoms with Crippen molar-refractivity contribution in [2.45, 2.75) is 25.3 Å². The highest BCUT2D eigenvalue weighted by atomic mass is 79.9. The van der Waals surface area contributed by atoms with Crippen molar-refractivity contribution in [1.29, 1.82) is 0 Å². The Morgan fingerprint density at radius 3 is 1.93 bits per heavy atom. The minimum Gasteiger partial charge on any atom is -0.272 e. The number of thiazole rings is 1. The molecule has 0 saturated carbocycles. The molecular formula is C38H26Br2N2OS3. The molecule has 0 bridgehead atoms. The summed E-state index contributed by atoms with van der Waals surface area (Å²) in [6, 6.07) is 37.6. The van der Waals surface area contributed by atoms with Gasteiger partial charge in [0.15, 0.2) is 4.80 Å². The summed E-state index contributed by atoms with van der Waals surface area (Å²) in [6.07, 6.45) is 5.16. The van der Waals surface area contributed by atoms with Gasteiger partial charge in [0.25, 0.3) is 5.56 Å². The lowest BCUT2D eigenvalue weighted by Crippen LogP contribution is -2.39. The molecule has 4 aromatic carbocycles. The van der Waals surface area contributed by atoms with E-state index < -0.39 is 0 Å². The Hall–Kier alpha value is -3.14. The average molecular weight is 783 g/mol. The van der Waals surface area contributed by atoms with E-state index in [2.05, 4.69) is 135 Å². The molecule has 5 aromatic rings. The fourth-order valence-electron chi connectivity index (χ4n) is 6.23. The van der Waals surface area contributed by atoms with E-state index in [0.29, 0.717) is 0 Å². The zero-order valence-electron chi connectivity index (χ0n) is 24.5. The van der Waals surface area contributed by atoms with Gasteiger partial charge in [-0.25, -0.2) is 4.99 Å². The van der Waals surface area contributed by atoms with Gasteiger partial charge in [0.05, 0.1) is 16.0 Å². The molecule has 226 valence electrons. The first-order chi connectivity index (χ1) is 22.5. The fraction of sp³-hybridized carbons (Fsp3) is 0.105. The van der Waals surface area contributed by atoms with E-state index >= 15 is 0 Å². The molecule has 2 aliphatic heterocycles. The number of hydrogen-bond donors (Lipinski definition) is 0. The van der Waals surface area contributed by atoms with Crippen LogP contribution in [0.4, 0.5) is 0 Å². The predicted molar refractivity (Wildman–Crippen MR) is 203 cm³/mol. The highest BCUT2D eigenvalue weighted by Crippen LogP contribution is 2.57. The Labute approximate surface area is 296 Å². The van der Waals surface area contributed by atoms with Crippen LogP contribution in [0.3, 0.4) is 0 Å². The van der Waals surface area contributed by atoms with Crippen LogP contribution < -0.4 is 14.9 Å². The molecule has 0 amide bonds. The van der Waals surface area contributed by atoms with Crippen LogP contribution in [0.25, 0.3) is 20.1 Å². The molecule has 8 heteroatoms. The van der Waals surface area contributed by atoms with E-state index in [1.165, 1.54) is 32.3 Å². The third kappa shape index (κ3) is 5.69. The number of thioether (sulfide) groups is 2. The number of benzene rings is 4. The number of fused-ring (bicyclic) bond motifs is 1. The second-order valence-electron chi connectivity index (χ2n) is 11.3. The molecule has 1 unspecified atom stereocenters. The number of rotatable bonds is 4. The number of aromatic nitrogens is 1. The zero-order chi connectivity index (χ0) is 31.2. The summed E-state index contributed by atoms with van der Waals surface area (Å²) >= 11 is 12.1. The molecule has 1 aromatic heterocycles. The van der Waals surface area contributed by atoms with Crippen LogP contribution in [0.1, 0.15) is 47.6 Å². The van der Waals surface area contributed by atoms with Gasteiger partial charge >= 0.3 is 0 Å². The number of allylic oxidation sites excluding steroid dienone is 2. The standard InChI is InChI=1S/C38H26Br2N2OS3/c39-28-18-14-23(15-19-28)22-27-12-7-13-30-31(27)41-38-42(32(30)24-16-20-29(40)21-17-24)36(43)35(46-38)37-44-33(25-8-3-1-4-9-25)34(45-37)26-10-5-2-6-11-26/h1-6,8-11,14-22,32H,7,12-13H2/b27-22-. The molecule has 3 heterocycles. The van der Waals surface area contributed by atoms with Gasteiger partial charge in [0.1, 0.15) is 4.53 Å². The minimum absolute atomic E-state index is 0.0314. The van der Waals surface area contributed by atoms with Gasteiger partial charge in [-0.05, 0) is 83.0 Å². The quantitative estimate of drug-likeness (QED) is 0.182. The lowest BCUT2D eigenvalue weighted by Gasteiger charge is -2.31. The molecule has 0 N–H and O–H groups in total.